The van der Waals surface area contributed by atoms with Gasteiger partial charge in [-0.15, -0.1) is 12.4 Å². The lowest BCUT2D eigenvalue weighted by Crippen LogP contribution is -2.51. The van der Waals surface area contributed by atoms with Gasteiger partial charge in [0, 0.05) is 26.2 Å². The van der Waals surface area contributed by atoms with Crippen molar-refractivity contribution in [2.45, 2.75) is 44.1 Å². The smallest absolute Gasteiger partial charge is 0.278 e. The Kier molecular flexibility index (Phi) is 6.94. The average molecular weight is 286 g/mol. The van der Waals surface area contributed by atoms with Gasteiger partial charge in [-0.1, -0.05) is 25.7 Å². The molecule has 0 atom stereocenters. The fraction of sp³-hybridized carbons (Fsp3) is 1.00. The Morgan fingerprint density at radius 3 is 2.06 bits per heavy atom. The molecule has 0 spiro atoms. The van der Waals surface area contributed by atoms with Crippen molar-refractivity contribution in [3.05, 3.63) is 0 Å². The van der Waals surface area contributed by atoms with Crippen LogP contribution in [-0.4, -0.2) is 38.9 Å². The first-order chi connectivity index (χ1) is 7.36. The van der Waals surface area contributed by atoms with Crippen molar-refractivity contribution in [1.29, 1.82) is 0 Å². The molecule has 1 saturated carbocycles. The number of nitrogens with two attached hydrogens (primary N) is 1. The standard InChI is InChI=1S/C10H23N3O2S.ClH/c1-13(2)16(14,15)12-9-10(11)7-5-3-4-6-8-10;/h12H,3-9,11H2,1-2H3;1H. The summed E-state index contributed by atoms with van der Waals surface area (Å²) in [4.78, 5) is 0. The minimum Gasteiger partial charge on any atom is -0.324 e. The van der Waals surface area contributed by atoms with Crippen LogP contribution in [0.4, 0.5) is 0 Å². The molecule has 0 aromatic rings. The van der Waals surface area contributed by atoms with Gasteiger partial charge in [0.25, 0.3) is 10.2 Å². The third-order valence-electron chi connectivity index (χ3n) is 3.19. The maximum absolute atomic E-state index is 11.6. The first-order valence-electron chi connectivity index (χ1n) is 5.82. The quantitative estimate of drug-likeness (QED) is 0.752. The number of rotatable bonds is 4. The minimum absolute atomic E-state index is 0. The molecule has 5 nitrogen and oxygen atoms in total. The third-order valence-corrected chi connectivity index (χ3v) is 4.66. The van der Waals surface area contributed by atoms with Crippen molar-refractivity contribution < 1.29 is 8.42 Å². The van der Waals surface area contributed by atoms with E-state index in [2.05, 4.69) is 4.72 Å². The zero-order valence-electron chi connectivity index (χ0n) is 10.6. The molecule has 0 aliphatic heterocycles. The molecule has 104 valence electrons. The van der Waals surface area contributed by atoms with Crippen molar-refractivity contribution in [2.75, 3.05) is 20.6 Å². The molecule has 0 saturated heterocycles. The molecule has 0 aromatic heterocycles. The largest absolute Gasteiger partial charge is 0.324 e. The molecule has 7 heteroatoms. The molecular weight excluding hydrogens is 262 g/mol. The highest BCUT2D eigenvalue weighted by Gasteiger charge is 2.28. The van der Waals surface area contributed by atoms with Gasteiger partial charge in [-0.3, -0.25) is 0 Å². The van der Waals surface area contributed by atoms with Crippen molar-refractivity contribution in [3.63, 3.8) is 0 Å². The van der Waals surface area contributed by atoms with Gasteiger partial charge in [0.1, 0.15) is 0 Å². The molecule has 0 radical (unpaired) electrons. The number of halogens is 1. The second-order valence-electron chi connectivity index (χ2n) is 4.89. The summed E-state index contributed by atoms with van der Waals surface area (Å²) in [6.45, 7) is 0.341. The van der Waals surface area contributed by atoms with Crippen LogP contribution in [-0.2, 0) is 10.2 Å². The molecule has 1 fully saturated rings. The van der Waals surface area contributed by atoms with Gasteiger partial charge in [0.05, 0.1) is 0 Å². The van der Waals surface area contributed by atoms with Crippen LogP contribution in [0.15, 0.2) is 0 Å². The lowest BCUT2D eigenvalue weighted by Gasteiger charge is -2.28. The first-order valence-corrected chi connectivity index (χ1v) is 7.26. The summed E-state index contributed by atoms with van der Waals surface area (Å²) < 4.78 is 26.9. The van der Waals surface area contributed by atoms with Gasteiger partial charge in [-0.25, -0.2) is 4.72 Å². The Morgan fingerprint density at radius 1 is 1.18 bits per heavy atom. The molecule has 3 N–H and O–H groups in total. The van der Waals surface area contributed by atoms with E-state index in [1.807, 2.05) is 0 Å². The van der Waals surface area contributed by atoms with Gasteiger partial charge >= 0.3 is 0 Å². The molecule has 0 aromatic carbocycles. The van der Waals surface area contributed by atoms with Crippen molar-refractivity contribution >= 4 is 22.6 Å². The highest BCUT2D eigenvalue weighted by atomic mass is 35.5. The van der Waals surface area contributed by atoms with Crippen LogP contribution in [0.1, 0.15) is 38.5 Å². The van der Waals surface area contributed by atoms with Crippen molar-refractivity contribution in [2.24, 2.45) is 5.73 Å². The maximum atomic E-state index is 11.6. The summed E-state index contributed by atoms with van der Waals surface area (Å²) in [5.74, 6) is 0. The molecule has 1 aliphatic rings. The Bertz CT molecular complexity index is 312. The fourth-order valence-corrected chi connectivity index (χ4v) is 2.70. The summed E-state index contributed by atoms with van der Waals surface area (Å²) in [5, 5.41) is 0. The molecule has 0 bridgehead atoms. The Hall–Kier alpha value is 0.120. The summed E-state index contributed by atoms with van der Waals surface area (Å²) in [6, 6.07) is 0. The average Bonchev–Trinajstić information content (AvgIpc) is 2.41. The van der Waals surface area contributed by atoms with Gasteiger partial charge in [0.2, 0.25) is 0 Å². The monoisotopic (exact) mass is 285 g/mol. The van der Waals surface area contributed by atoms with Gasteiger partial charge in [0.15, 0.2) is 0 Å². The van der Waals surface area contributed by atoms with Gasteiger partial charge in [-0.2, -0.15) is 12.7 Å². The van der Waals surface area contributed by atoms with Crippen LogP contribution >= 0.6 is 12.4 Å². The zero-order chi connectivity index (χ0) is 12.2. The van der Waals surface area contributed by atoms with Gasteiger partial charge < -0.3 is 5.73 Å². The van der Waals surface area contributed by atoms with E-state index < -0.39 is 10.2 Å². The number of nitrogens with one attached hydrogen (secondary N) is 1. The van der Waals surface area contributed by atoms with Gasteiger partial charge in [-0.05, 0) is 12.8 Å². The Labute approximate surface area is 111 Å². The van der Waals surface area contributed by atoms with Crippen molar-refractivity contribution in [3.8, 4) is 0 Å². The fourth-order valence-electron chi connectivity index (χ4n) is 1.97. The van der Waals surface area contributed by atoms with Crippen LogP contribution < -0.4 is 10.5 Å². The van der Waals surface area contributed by atoms with Crippen LogP contribution in [0.2, 0.25) is 0 Å². The maximum Gasteiger partial charge on any atom is 0.278 e. The molecule has 17 heavy (non-hydrogen) atoms. The Balaban J connectivity index is 0.00000256. The second kappa shape index (κ2) is 6.89. The van der Waals surface area contributed by atoms with E-state index >= 15 is 0 Å². The van der Waals surface area contributed by atoms with E-state index in [1.165, 1.54) is 31.2 Å². The molecular formula is C10H24ClN3O2S. The topological polar surface area (TPSA) is 75.4 Å². The number of nitrogens with zero attached hydrogens (tertiary/aromatic N) is 1. The predicted octanol–water partition coefficient (Wildman–Crippen LogP) is 0.856. The van der Waals surface area contributed by atoms with Crippen molar-refractivity contribution in [1.82, 2.24) is 9.03 Å². The van der Waals surface area contributed by atoms with Crippen LogP contribution in [0.3, 0.4) is 0 Å². The van der Waals surface area contributed by atoms with E-state index in [1.54, 1.807) is 0 Å². The van der Waals surface area contributed by atoms with Crippen LogP contribution in [0.25, 0.3) is 0 Å². The predicted molar refractivity (Wildman–Crippen MR) is 72.5 cm³/mol. The summed E-state index contributed by atoms with van der Waals surface area (Å²) >= 11 is 0. The summed E-state index contributed by atoms with van der Waals surface area (Å²) in [5.41, 5.74) is 5.86. The van der Waals surface area contributed by atoms with E-state index in [4.69, 9.17) is 5.73 Å². The van der Waals surface area contributed by atoms with E-state index in [9.17, 15) is 8.42 Å². The second-order valence-corrected chi connectivity index (χ2v) is 6.85. The molecule has 1 aliphatic carbocycles. The van der Waals surface area contributed by atoms with E-state index in [-0.39, 0.29) is 17.9 Å². The molecule has 0 unspecified atom stereocenters. The lowest BCUT2D eigenvalue weighted by molar-refractivity contribution is 0.364. The third kappa shape index (κ3) is 5.52. The first kappa shape index (κ1) is 17.1. The lowest BCUT2D eigenvalue weighted by atomic mass is 9.92. The number of hydrogen-bond donors (Lipinski definition) is 2. The minimum atomic E-state index is -3.34. The normalized spacial score (nSPS) is 20.7. The molecule has 0 amide bonds. The zero-order valence-corrected chi connectivity index (χ0v) is 12.2. The van der Waals surface area contributed by atoms with E-state index in [0.29, 0.717) is 6.54 Å². The SMILES string of the molecule is CN(C)S(=O)(=O)NCC1(N)CCCCCC1.Cl. The van der Waals surface area contributed by atoms with E-state index in [0.717, 1.165) is 25.7 Å². The van der Waals surface area contributed by atoms with Crippen LogP contribution in [0.5, 0.6) is 0 Å². The van der Waals surface area contributed by atoms with Crippen LogP contribution in [0, 0.1) is 0 Å². The highest BCUT2D eigenvalue weighted by Crippen LogP contribution is 2.24. The Morgan fingerprint density at radius 2 is 1.65 bits per heavy atom. The highest BCUT2D eigenvalue weighted by molar-refractivity contribution is 7.87. The summed E-state index contributed by atoms with van der Waals surface area (Å²) in [7, 11) is -0.319. The number of hydrogen-bond acceptors (Lipinski definition) is 3. The summed E-state index contributed by atoms with van der Waals surface area (Å²) in [6.07, 6.45) is 6.42. The molecule has 1 rings (SSSR count). The molecule has 0 heterocycles.